The number of esters is 1. The first-order valence-electron chi connectivity index (χ1n) is 9.10. The lowest BCUT2D eigenvalue weighted by atomic mass is 9.98. The van der Waals surface area contributed by atoms with Crippen molar-refractivity contribution in [2.24, 2.45) is 5.92 Å². The fourth-order valence-corrected chi connectivity index (χ4v) is 4.79. The smallest absolute Gasteiger partial charge is 0.314 e. The molecule has 1 aliphatic heterocycles. The number of rotatable bonds is 6. The van der Waals surface area contributed by atoms with Gasteiger partial charge in [0, 0.05) is 17.6 Å². The summed E-state index contributed by atoms with van der Waals surface area (Å²) in [5.74, 6) is 0.490. The number of piperidine rings is 1. The molecule has 0 atom stereocenters. The minimum atomic E-state index is -3.59. The Morgan fingerprint density at radius 1 is 1.04 bits per heavy atom. The molecule has 0 unspecified atom stereocenters. The average Bonchev–Trinajstić information content (AvgIpc) is 2.70. The zero-order chi connectivity index (χ0) is 20.1. The van der Waals surface area contributed by atoms with Gasteiger partial charge in [0.2, 0.25) is 10.0 Å². The quantitative estimate of drug-likeness (QED) is 0.476. The highest BCUT2D eigenvalue weighted by atomic mass is 79.9. The summed E-state index contributed by atoms with van der Waals surface area (Å²) in [7, 11) is -3.59. The first-order chi connectivity index (χ1) is 13.4. The summed E-state index contributed by atoms with van der Waals surface area (Å²) in [6.45, 7) is 2.97. The molecule has 28 heavy (non-hydrogen) atoms. The molecular weight excluding hydrogens is 446 g/mol. The molecule has 1 saturated heterocycles. The number of carbonyl (C=O) groups excluding carboxylic acids is 1. The Morgan fingerprint density at radius 3 is 2.18 bits per heavy atom. The van der Waals surface area contributed by atoms with Crippen molar-refractivity contribution < 1.29 is 22.7 Å². The average molecular weight is 468 g/mol. The van der Waals surface area contributed by atoms with E-state index in [1.54, 1.807) is 48.5 Å². The van der Waals surface area contributed by atoms with E-state index in [0.717, 1.165) is 4.47 Å². The van der Waals surface area contributed by atoms with Crippen molar-refractivity contribution in [3.05, 3.63) is 53.0 Å². The summed E-state index contributed by atoms with van der Waals surface area (Å²) in [6, 6.07) is 13.4. The molecule has 0 radical (unpaired) electrons. The van der Waals surface area contributed by atoms with E-state index in [-0.39, 0.29) is 29.9 Å². The second kappa shape index (κ2) is 9.07. The lowest BCUT2D eigenvalue weighted by Gasteiger charge is -2.30. The number of hydrogen-bond acceptors (Lipinski definition) is 5. The highest BCUT2D eigenvalue weighted by molar-refractivity contribution is 9.10. The Balaban J connectivity index is 1.59. The van der Waals surface area contributed by atoms with Gasteiger partial charge >= 0.3 is 5.97 Å². The van der Waals surface area contributed by atoms with Gasteiger partial charge in [0.25, 0.3) is 0 Å². The Hall–Kier alpha value is -1.90. The van der Waals surface area contributed by atoms with Crippen LogP contribution in [0.5, 0.6) is 11.5 Å². The monoisotopic (exact) mass is 467 g/mol. The summed E-state index contributed by atoms with van der Waals surface area (Å²) < 4.78 is 38.7. The van der Waals surface area contributed by atoms with E-state index in [1.807, 2.05) is 6.92 Å². The van der Waals surface area contributed by atoms with Crippen LogP contribution in [0.4, 0.5) is 0 Å². The Kier molecular flexibility index (Phi) is 6.74. The van der Waals surface area contributed by atoms with Crippen LogP contribution in [0.15, 0.2) is 57.9 Å². The summed E-state index contributed by atoms with van der Waals surface area (Å²) in [4.78, 5) is 12.6. The van der Waals surface area contributed by atoms with Crippen molar-refractivity contribution in [1.29, 1.82) is 0 Å². The van der Waals surface area contributed by atoms with Crippen LogP contribution in [-0.4, -0.2) is 38.4 Å². The molecule has 1 fully saturated rings. The number of carbonyl (C=O) groups is 1. The number of halogens is 1. The van der Waals surface area contributed by atoms with Gasteiger partial charge in [-0.1, -0.05) is 15.9 Å². The van der Waals surface area contributed by atoms with Gasteiger partial charge in [-0.3, -0.25) is 4.79 Å². The van der Waals surface area contributed by atoms with Crippen LogP contribution in [0.3, 0.4) is 0 Å². The molecule has 150 valence electrons. The second-order valence-electron chi connectivity index (χ2n) is 6.46. The third kappa shape index (κ3) is 4.92. The molecule has 0 bridgehead atoms. The molecule has 1 heterocycles. The van der Waals surface area contributed by atoms with Crippen molar-refractivity contribution in [2.45, 2.75) is 24.7 Å². The minimum absolute atomic E-state index is 0.229. The Labute approximate surface area is 173 Å². The SMILES string of the molecule is CCOc1ccc(S(=O)(=O)N2CCC(C(=O)Oc3ccc(Br)cc3)CC2)cc1. The number of nitrogens with zero attached hydrogens (tertiary/aromatic N) is 1. The maximum atomic E-state index is 12.8. The lowest BCUT2D eigenvalue weighted by molar-refractivity contribution is -0.140. The van der Waals surface area contributed by atoms with Gasteiger partial charge in [-0.2, -0.15) is 4.31 Å². The van der Waals surface area contributed by atoms with E-state index in [4.69, 9.17) is 9.47 Å². The molecule has 2 aromatic rings. The normalized spacial score (nSPS) is 15.9. The molecule has 0 saturated carbocycles. The highest BCUT2D eigenvalue weighted by Crippen LogP contribution is 2.26. The Bertz CT molecular complexity index is 905. The van der Waals surface area contributed by atoms with Gasteiger partial charge in [0.05, 0.1) is 17.4 Å². The highest BCUT2D eigenvalue weighted by Gasteiger charge is 2.33. The van der Waals surface area contributed by atoms with E-state index < -0.39 is 10.0 Å². The van der Waals surface area contributed by atoms with Crippen LogP contribution in [0, 0.1) is 5.92 Å². The van der Waals surface area contributed by atoms with Gasteiger partial charge in [-0.25, -0.2) is 8.42 Å². The molecular formula is C20H22BrNO5S. The van der Waals surface area contributed by atoms with Crippen LogP contribution in [0.25, 0.3) is 0 Å². The van der Waals surface area contributed by atoms with E-state index >= 15 is 0 Å². The fraction of sp³-hybridized carbons (Fsp3) is 0.350. The minimum Gasteiger partial charge on any atom is -0.494 e. The number of sulfonamides is 1. The molecule has 0 aromatic heterocycles. The standard InChI is InChI=1S/C20H22BrNO5S/c1-2-26-17-7-9-19(10-8-17)28(24,25)22-13-11-15(12-14-22)20(23)27-18-5-3-16(21)4-6-18/h3-10,15H,2,11-14H2,1H3. The first-order valence-corrected chi connectivity index (χ1v) is 11.3. The van der Waals surface area contributed by atoms with E-state index in [0.29, 0.717) is 30.9 Å². The van der Waals surface area contributed by atoms with Crippen LogP contribution < -0.4 is 9.47 Å². The van der Waals surface area contributed by atoms with Crippen molar-refractivity contribution in [2.75, 3.05) is 19.7 Å². The van der Waals surface area contributed by atoms with Crippen molar-refractivity contribution >= 4 is 31.9 Å². The number of ether oxygens (including phenoxy) is 2. The zero-order valence-corrected chi connectivity index (χ0v) is 17.9. The number of benzene rings is 2. The van der Waals surface area contributed by atoms with Gasteiger partial charge < -0.3 is 9.47 Å². The maximum Gasteiger partial charge on any atom is 0.314 e. The van der Waals surface area contributed by atoms with E-state index in [1.165, 1.54) is 4.31 Å². The van der Waals surface area contributed by atoms with Crippen LogP contribution in [0.2, 0.25) is 0 Å². The zero-order valence-electron chi connectivity index (χ0n) is 15.5. The summed E-state index contributed by atoms with van der Waals surface area (Å²) in [5, 5.41) is 0. The van der Waals surface area contributed by atoms with E-state index in [9.17, 15) is 13.2 Å². The van der Waals surface area contributed by atoms with Crippen LogP contribution in [0.1, 0.15) is 19.8 Å². The molecule has 6 nitrogen and oxygen atoms in total. The molecule has 0 N–H and O–H groups in total. The Morgan fingerprint density at radius 2 is 1.61 bits per heavy atom. The molecule has 8 heteroatoms. The maximum absolute atomic E-state index is 12.8. The van der Waals surface area contributed by atoms with Gasteiger partial charge in [-0.05, 0) is 68.3 Å². The predicted molar refractivity (Wildman–Crippen MR) is 109 cm³/mol. The third-order valence-corrected chi connectivity index (χ3v) is 7.03. The predicted octanol–water partition coefficient (Wildman–Crippen LogP) is 3.85. The van der Waals surface area contributed by atoms with Crippen LogP contribution >= 0.6 is 15.9 Å². The molecule has 0 amide bonds. The fourth-order valence-electron chi connectivity index (χ4n) is 3.06. The summed E-state index contributed by atoms with van der Waals surface area (Å²) in [6.07, 6.45) is 0.872. The molecule has 2 aromatic carbocycles. The summed E-state index contributed by atoms with van der Waals surface area (Å²) in [5.41, 5.74) is 0. The lowest BCUT2D eigenvalue weighted by Crippen LogP contribution is -2.41. The van der Waals surface area contributed by atoms with Crippen molar-refractivity contribution in [3.8, 4) is 11.5 Å². The molecule has 3 rings (SSSR count). The summed E-state index contributed by atoms with van der Waals surface area (Å²) >= 11 is 3.33. The molecule has 0 spiro atoms. The number of hydrogen-bond donors (Lipinski definition) is 0. The van der Waals surface area contributed by atoms with Gasteiger partial charge in [-0.15, -0.1) is 0 Å². The van der Waals surface area contributed by atoms with E-state index in [2.05, 4.69) is 15.9 Å². The largest absolute Gasteiger partial charge is 0.494 e. The first kappa shape index (κ1) is 20.8. The molecule has 0 aliphatic carbocycles. The van der Waals surface area contributed by atoms with Crippen molar-refractivity contribution in [3.63, 3.8) is 0 Å². The molecule has 1 aliphatic rings. The van der Waals surface area contributed by atoms with Crippen molar-refractivity contribution in [1.82, 2.24) is 4.31 Å². The third-order valence-electron chi connectivity index (χ3n) is 4.59. The van der Waals surface area contributed by atoms with Crippen LogP contribution in [-0.2, 0) is 14.8 Å². The second-order valence-corrected chi connectivity index (χ2v) is 9.31. The topological polar surface area (TPSA) is 72.9 Å². The van der Waals surface area contributed by atoms with Gasteiger partial charge in [0.1, 0.15) is 11.5 Å². The van der Waals surface area contributed by atoms with Gasteiger partial charge in [0.15, 0.2) is 0 Å².